The molecule has 9 heteroatoms. The molecular weight excluding hydrogens is 386 g/mol. The Morgan fingerprint density at radius 3 is 2.85 bits per heavy atom. The smallest absolute Gasteiger partial charge is 0.324 e. The van der Waals surface area contributed by atoms with Crippen molar-refractivity contribution in [3.05, 3.63) is 18.5 Å². The lowest BCUT2D eigenvalue weighted by molar-refractivity contribution is -0.136. The second kappa shape index (κ2) is 11.2. The van der Waals surface area contributed by atoms with E-state index in [1.165, 1.54) is 29.5 Å². The molecule has 1 aromatic rings. The number of carbonyl (C=O) groups is 2. The molecule has 1 aliphatic rings. The van der Waals surface area contributed by atoms with Crippen LogP contribution in [0.25, 0.3) is 0 Å². The van der Waals surface area contributed by atoms with Crippen molar-refractivity contribution >= 4 is 40.2 Å². The summed E-state index contributed by atoms with van der Waals surface area (Å²) in [4.78, 5) is 29.5. The van der Waals surface area contributed by atoms with Crippen LogP contribution in [-0.4, -0.2) is 51.9 Å². The van der Waals surface area contributed by atoms with Gasteiger partial charge in [-0.25, -0.2) is 9.78 Å². The van der Waals surface area contributed by atoms with Gasteiger partial charge in [-0.05, 0) is 19.8 Å². The molecule has 0 bridgehead atoms. The number of rotatable bonds is 10. The molecule has 0 radical (unpaired) electrons. The molecule has 1 aromatic heterocycles. The predicted molar refractivity (Wildman–Crippen MR) is 108 cm³/mol. The van der Waals surface area contributed by atoms with Crippen LogP contribution in [0.2, 0.25) is 0 Å². The first kappa shape index (κ1) is 21.6. The summed E-state index contributed by atoms with van der Waals surface area (Å²) >= 11 is 2.79. The quantitative estimate of drug-likeness (QED) is 0.436. The van der Waals surface area contributed by atoms with E-state index in [1.807, 2.05) is 4.90 Å². The van der Waals surface area contributed by atoms with Crippen LogP contribution in [-0.2, 0) is 9.53 Å². The number of hydrogen-bond donors (Lipinski definition) is 2. The summed E-state index contributed by atoms with van der Waals surface area (Å²) in [6.07, 6.45) is 7.28. The molecule has 2 rings (SSSR count). The van der Waals surface area contributed by atoms with Crippen LogP contribution >= 0.6 is 23.1 Å². The Kier molecular flexibility index (Phi) is 8.93. The lowest BCUT2D eigenvalue weighted by Gasteiger charge is -2.34. The highest BCUT2D eigenvalue weighted by molar-refractivity contribution is 8.01. The van der Waals surface area contributed by atoms with E-state index in [2.05, 4.69) is 16.9 Å². The number of nitrogens with zero attached hydrogens (tertiary/aromatic N) is 2. The van der Waals surface area contributed by atoms with Gasteiger partial charge in [-0.1, -0.05) is 37.2 Å². The van der Waals surface area contributed by atoms with Crippen LogP contribution < -0.4 is 5.32 Å². The number of hydrogen-bond acceptors (Lipinski definition) is 6. The Morgan fingerprint density at radius 1 is 1.44 bits per heavy atom. The number of urea groups is 1. The summed E-state index contributed by atoms with van der Waals surface area (Å²) in [7, 11) is 0. The van der Waals surface area contributed by atoms with Gasteiger partial charge in [-0.15, -0.1) is 11.8 Å². The Labute approximate surface area is 168 Å². The van der Waals surface area contributed by atoms with E-state index in [0.29, 0.717) is 29.8 Å². The molecule has 1 aliphatic carbocycles. The predicted octanol–water partition coefficient (Wildman–Crippen LogP) is 4.43. The summed E-state index contributed by atoms with van der Waals surface area (Å²) < 4.78 is 6.34. The second-order valence-corrected chi connectivity index (χ2v) is 8.87. The minimum atomic E-state index is -0.819. The van der Waals surface area contributed by atoms with Crippen molar-refractivity contribution in [2.75, 3.05) is 24.2 Å². The van der Waals surface area contributed by atoms with Gasteiger partial charge >= 0.3 is 12.0 Å². The maximum Gasteiger partial charge on any atom is 0.324 e. The highest BCUT2D eigenvalue weighted by Crippen LogP contribution is 2.29. The first-order valence-electron chi connectivity index (χ1n) is 9.12. The molecule has 2 amide bonds. The number of amides is 2. The zero-order chi connectivity index (χ0) is 19.6. The summed E-state index contributed by atoms with van der Waals surface area (Å²) in [5.41, 5.74) is 0. The Bertz CT molecular complexity index is 644. The van der Waals surface area contributed by atoms with Crippen molar-refractivity contribution in [3.63, 3.8) is 0 Å². The zero-order valence-corrected chi connectivity index (χ0v) is 17.2. The molecule has 0 aliphatic heterocycles. The Morgan fingerprint density at radius 2 is 2.19 bits per heavy atom. The molecular formula is C18H27N3O4S2. The summed E-state index contributed by atoms with van der Waals surface area (Å²) in [6, 6.07) is 0.0560. The van der Waals surface area contributed by atoms with Gasteiger partial charge in [-0.2, -0.15) is 0 Å². The number of aromatic nitrogens is 1. The molecule has 2 N–H and O–H groups in total. The molecule has 7 nitrogen and oxygen atoms in total. The molecule has 0 atom stereocenters. The lowest BCUT2D eigenvalue weighted by Crippen LogP contribution is -2.45. The second-order valence-electron chi connectivity index (χ2n) is 6.44. The summed E-state index contributed by atoms with van der Waals surface area (Å²) in [6.45, 7) is 6.46. The molecule has 27 heavy (non-hydrogen) atoms. The number of carboxylic acid groups (broad SMARTS) is 1. The lowest BCUT2D eigenvalue weighted by atomic mass is 9.94. The average Bonchev–Trinajstić information content (AvgIpc) is 3.06. The van der Waals surface area contributed by atoms with Gasteiger partial charge in [0.05, 0.1) is 29.1 Å². The normalized spacial score (nSPS) is 14.6. The minimum absolute atomic E-state index is 0.0996. The molecule has 1 saturated carbocycles. The third-order valence-electron chi connectivity index (χ3n) is 4.22. The number of carboxylic acids is 1. The van der Waals surface area contributed by atoms with Crippen LogP contribution in [0.3, 0.4) is 0 Å². The number of aliphatic carboxylic acids is 1. The van der Waals surface area contributed by atoms with Crippen LogP contribution in [0.4, 0.5) is 9.93 Å². The monoisotopic (exact) mass is 413 g/mol. The Balaban J connectivity index is 1.92. The maximum atomic E-state index is 12.8. The van der Waals surface area contributed by atoms with Crippen LogP contribution in [0.1, 0.15) is 45.4 Å². The van der Waals surface area contributed by atoms with Gasteiger partial charge in [0, 0.05) is 11.8 Å². The van der Waals surface area contributed by atoms with E-state index in [9.17, 15) is 9.59 Å². The van der Waals surface area contributed by atoms with E-state index in [0.717, 1.165) is 29.9 Å². The van der Waals surface area contributed by atoms with Gasteiger partial charge in [0.25, 0.3) is 0 Å². The highest BCUT2D eigenvalue weighted by atomic mass is 32.2. The number of thiazole rings is 1. The van der Waals surface area contributed by atoms with Gasteiger partial charge in [0.2, 0.25) is 0 Å². The van der Waals surface area contributed by atoms with Crippen LogP contribution in [0.15, 0.2) is 22.7 Å². The fourth-order valence-corrected chi connectivity index (χ4v) is 4.81. The average molecular weight is 414 g/mol. The first-order valence-corrected chi connectivity index (χ1v) is 10.9. The topological polar surface area (TPSA) is 91.8 Å². The summed E-state index contributed by atoms with van der Waals surface area (Å²) in [5, 5.41) is 12.1. The fourth-order valence-electron chi connectivity index (χ4n) is 2.95. The number of ether oxygens (including phenoxy) is 1. The maximum absolute atomic E-state index is 12.8. The van der Waals surface area contributed by atoms with Gasteiger partial charge in [0.1, 0.15) is 6.61 Å². The fraction of sp³-hybridized carbons (Fsp3) is 0.611. The van der Waals surface area contributed by atoms with Crippen molar-refractivity contribution < 1.29 is 19.4 Å². The van der Waals surface area contributed by atoms with Crippen molar-refractivity contribution in [2.45, 2.75) is 55.7 Å². The first-order chi connectivity index (χ1) is 13.0. The van der Waals surface area contributed by atoms with Crippen molar-refractivity contribution in [3.8, 4) is 0 Å². The van der Waals surface area contributed by atoms with E-state index in [-0.39, 0.29) is 18.5 Å². The number of allylic oxidation sites excluding steroid dienone is 1. The largest absolute Gasteiger partial charge is 0.497 e. The Hall–Kier alpha value is -1.74. The minimum Gasteiger partial charge on any atom is -0.497 e. The third-order valence-corrected chi connectivity index (χ3v) is 6.32. The van der Waals surface area contributed by atoms with E-state index >= 15 is 0 Å². The molecule has 0 saturated heterocycles. The SMILES string of the molecule is C=C(C)OCCN(C(=O)Nc1ncc(SCCC(=O)O)s1)C1CCCCC1. The number of anilines is 1. The number of carbonyl (C=O) groups excluding carboxylic acids is 1. The molecule has 1 heterocycles. The zero-order valence-electron chi connectivity index (χ0n) is 15.6. The van der Waals surface area contributed by atoms with Crippen molar-refractivity contribution in [2.24, 2.45) is 0 Å². The standard InChI is InChI=1S/C18H27N3O4S2/c1-13(2)25-10-9-21(14-6-4-3-5-7-14)18(24)20-17-19-12-16(27-17)26-11-8-15(22)23/h12,14H,1,3-11H2,2H3,(H,22,23)(H,19,20,24). The van der Waals surface area contributed by atoms with E-state index < -0.39 is 5.97 Å². The van der Waals surface area contributed by atoms with Crippen molar-refractivity contribution in [1.29, 1.82) is 0 Å². The number of nitrogens with one attached hydrogen (secondary N) is 1. The van der Waals surface area contributed by atoms with Gasteiger partial charge < -0.3 is 14.7 Å². The number of thioether (sulfide) groups is 1. The molecule has 1 fully saturated rings. The van der Waals surface area contributed by atoms with Crippen molar-refractivity contribution in [1.82, 2.24) is 9.88 Å². The third kappa shape index (κ3) is 7.80. The van der Waals surface area contributed by atoms with E-state index in [1.54, 1.807) is 13.1 Å². The van der Waals surface area contributed by atoms with E-state index in [4.69, 9.17) is 9.84 Å². The van der Waals surface area contributed by atoms with Gasteiger partial charge in [0.15, 0.2) is 5.13 Å². The summed E-state index contributed by atoms with van der Waals surface area (Å²) in [5.74, 6) is 0.305. The molecule has 0 spiro atoms. The molecule has 0 aromatic carbocycles. The highest BCUT2D eigenvalue weighted by Gasteiger charge is 2.26. The molecule has 150 valence electrons. The van der Waals surface area contributed by atoms with Crippen LogP contribution in [0, 0.1) is 0 Å². The van der Waals surface area contributed by atoms with Gasteiger partial charge in [-0.3, -0.25) is 10.1 Å². The molecule has 0 unspecified atom stereocenters. The van der Waals surface area contributed by atoms with Crippen LogP contribution in [0.5, 0.6) is 0 Å².